The Morgan fingerprint density at radius 1 is 1.22 bits per heavy atom. The maximum Gasteiger partial charge on any atom is 0.407 e. The van der Waals surface area contributed by atoms with Gasteiger partial charge in [0.1, 0.15) is 5.60 Å². The van der Waals surface area contributed by atoms with Crippen LogP contribution >= 0.6 is 0 Å². The van der Waals surface area contributed by atoms with Crippen molar-refractivity contribution < 1.29 is 19.1 Å². The molecule has 0 saturated carbocycles. The number of hydrogen-bond acceptors (Lipinski definition) is 4. The summed E-state index contributed by atoms with van der Waals surface area (Å²) in [7, 11) is 0. The smallest absolute Gasteiger partial charge is 0.407 e. The number of benzene rings is 1. The highest BCUT2D eigenvalue weighted by Crippen LogP contribution is 2.17. The van der Waals surface area contributed by atoms with Crippen LogP contribution < -0.4 is 10.6 Å². The number of alkyl carbamates (subject to hydrolysis) is 1. The van der Waals surface area contributed by atoms with Gasteiger partial charge in [0.15, 0.2) is 0 Å². The van der Waals surface area contributed by atoms with Crippen molar-refractivity contribution in [3.63, 3.8) is 0 Å². The molecule has 0 bridgehead atoms. The number of carbonyl (C=O) groups is 3. The summed E-state index contributed by atoms with van der Waals surface area (Å²) >= 11 is 0. The molecule has 0 aliphatic carbocycles. The molecule has 1 atom stereocenters. The molecule has 1 aromatic carbocycles. The molecule has 1 saturated heterocycles. The Kier molecular flexibility index (Phi) is 5.03. The molecule has 23 heavy (non-hydrogen) atoms. The fourth-order valence-corrected chi connectivity index (χ4v) is 2.34. The summed E-state index contributed by atoms with van der Waals surface area (Å²) in [6.07, 6.45) is 0.334. The fraction of sp³-hybridized carbons (Fsp3) is 0.471. The van der Waals surface area contributed by atoms with Gasteiger partial charge in [-0.2, -0.15) is 0 Å². The number of rotatable bonds is 4. The van der Waals surface area contributed by atoms with Gasteiger partial charge in [-0.15, -0.1) is 0 Å². The van der Waals surface area contributed by atoms with Gasteiger partial charge in [-0.25, -0.2) is 4.79 Å². The SMILES string of the molecule is CC(C)(C)OC(=O)NCc1ccc(CC2CC(=O)NC2=O)cc1. The second-order valence-electron chi connectivity index (χ2n) is 6.69. The molecule has 2 N–H and O–H groups in total. The first-order valence-electron chi connectivity index (χ1n) is 7.61. The average Bonchev–Trinajstić information content (AvgIpc) is 2.74. The van der Waals surface area contributed by atoms with Crippen molar-refractivity contribution in [3.8, 4) is 0 Å². The zero-order chi connectivity index (χ0) is 17.0. The van der Waals surface area contributed by atoms with E-state index < -0.39 is 11.7 Å². The Morgan fingerprint density at radius 2 is 1.83 bits per heavy atom. The maximum absolute atomic E-state index is 11.6. The first kappa shape index (κ1) is 17.0. The predicted octanol–water partition coefficient (Wildman–Crippen LogP) is 1.92. The van der Waals surface area contributed by atoms with Gasteiger partial charge >= 0.3 is 6.09 Å². The van der Waals surface area contributed by atoms with Crippen LogP contribution in [0.15, 0.2) is 24.3 Å². The van der Waals surface area contributed by atoms with Crippen LogP contribution in [-0.4, -0.2) is 23.5 Å². The molecule has 1 fully saturated rings. The first-order chi connectivity index (χ1) is 10.7. The molecule has 1 aliphatic heterocycles. The van der Waals surface area contributed by atoms with E-state index in [-0.39, 0.29) is 24.2 Å². The van der Waals surface area contributed by atoms with Crippen LogP contribution in [0.2, 0.25) is 0 Å². The molecule has 1 unspecified atom stereocenters. The van der Waals surface area contributed by atoms with Gasteiger partial charge in [0.05, 0.1) is 5.92 Å². The molecule has 1 aliphatic rings. The summed E-state index contributed by atoms with van der Waals surface area (Å²) in [6.45, 7) is 5.81. The van der Waals surface area contributed by atoms with E-state index in [1.165, 1.54) is 0 Å². The fourth-order valence-electron chi connectivity index (χ4n) is 2.34. The summed E-state index contributed by atoms with van der Waals surface area (Å²) in [5, 5.41) is 5.00. The lowest BCUT2D eigenvalue weighted by molar-refractivity contribution is -0.125. The van der Waals surface area contributed by atoms with Crippen molar-refractivity contribution in [3.05, 3.63) is 35.4 Å². The summed E-state index contributed by atoms with van der Waals surface area (Å²) in [4.78, 5) is 34.3. The van der Waals surface area contributed by atoms with E-state index in [2.05, 4.69) is 10.6 Å². The van der Waals surface area contributed by atoms with Crippen LogP contribution in [0, 0.1) is 5.92 Å². The number of imide groups is 1. The molecule has 1 aromatic rings. The highest BCUT2D eigenvalue weighted by Gasteiger charge is 2.30. The van der Waals surface area contributed by atoms with Gasteiger partial charge in [-0.3, -0.25) is 14.9 Å². The van der Waals surface area contributed by atoms with Gasteiger partial charge in [0.2, 0.25) is 11.8 Å². The van der Waals surface area contributed by atoms with Gasteiger partial charge in [-0.05, 0) is 38.3 Å². The quantitative estimate of drug-likeness (QED) is 0.831. The lowest BCUT2D eigenvalue weighted by Gasteiger charge is -2.19. The first-order valence-corrected chi connectivity index (χ1v) is 7.61. The van der Waals surface area contributed by atoms with E-state index in [0.29, 0.717) is 13.0 Å². The summed E-state index contributed by atoms with van der Waals surface area (Å²) in [5.41, 5.74) is 1.40. The third-order valence-corrected chi connectivity index (χ3v) is 3.41. The van der Waals surface area contributed by atoms with Gasteiger partial charge < -0.3 is 10.1 Å². The highest BCUT2D eigenvalue weighted by atomic mass is 16.6. The molecule has 124 valence electrons. The normalized spacial score (nSPS) is 17.8. The van der Waals surface area contributed by atoms with Crippen molar-refractivity contribution in [1.82, 2.24) is 10.6 Å². The molecule has 2 rings (SSSR count). The van der Waals surface area contributed by atoms with E-state index in [1.807, 2.05) is 45.0 Å². The Labute approximate surface area is 135 Å². The van der Waals surface area contributed by atoms with Crippen LogP contribution in [0.3, 0.4) is 0 Å². The minimum atomic E-state index is -0.521. The van der Waals surface area contributed by atoms with E-state index in [9.17, 15) is 14.4 Å². The van der Waals surface area contributed by atoms with Crippen LogP contribution in [0.4, 0.5) is 4.79 Å². The van der Waals surface area contributed by atoms with Crippen molar-refractivity contribution in [2.75, 3.05) is 0 Å². The van der Waals surface area contributed by atoms with Crippen LogP contribution in [0.25, 0.3) is 0 Å². The molecule has 3 amide bonds. The van der Waals surface area contributed by atoms with Crippen molar-refractivity contribution in [2.45, 2.75) is 45.8 Å². The minimum Gasteiger partial charge on any atom is -0.444 e. The van der Waals surface area contributed by atoms with Crippen molar-refractivity contribution in [2.24, 2.45) is 5.92 Å². The topological polar surface area (TPSA) is 84.5 Å². The Hall–Kier alpha value is -2.37. The molecular weight excluding hydrogens is 296 g/mol. The van der Waals surface area contributed by atoms with Crippen LogP contribution in [0.1, 0.15) is 38.3 Å². The predicted molar refractivity (Wildman–Crippen MR) is 84.5 cm³/mol. The molecule has 0 spiro atoms. The monoisotopic (exact) mass is 318 g/mol. The van der Waals surface area contributed by atoms with E-state index in [4.69, 9.17) is 4.74 Å². The Balaban J connectivity index is 1.84. The minimum absolute atomic E-state index is 0.203. The second kappa shape index (κ2) is 6.81. The van der Waals surface area contributed by atoms with Gasteiger partial charge in [-0.1, -0.05) is 24.3 Å². The largest absolute Gasteiger partial charge is 0.444 e. The third-order valence-electron chi connectivity index (χ3n) is 3.41. The van der Waals surface area contributed by atoms with Crippen molar-refractivity contribution >= 4 is 17.9 Å². The molecule has 6 heteroatoms. The van der Waals surface area contributed by atoms with Gasteiger partial charge in [0.25, 0.3) is 0 Å². The number of nitrogens with one attached hydrogen (secondary N) is 2. The van der Waals surface area contributed by atoms with Crippen LogP contribution in [0.5, 0.6) is 0 Å². The lowest BCUT2D eigenvalue weighted by Crippen LogP contribution is -2.32. The molecule has 0 radical (unpaired) electrons. The summed E-state index contributed by atoms with van der Waals surface area (Å²) in [6, 6.07) is 7.59. The summed E-state index contributed by atoms with van der Waals surface area (Å²) in [5.74, 6) is -0.697. The number of amides is 3. The molecule has 0 aromatic heterocycles. The molecule has 6 nitrogen and oxygen atoms in total. The van der Waals surface area contributed by atoms with E-state index >= 15 is 0 Å². The van der Waals surface area contributed by atoms with Crippen molar-refractivity contribution in [1.29, 1.82) is 0 Å². The van der Waals surface area contributed by atoms with E-state index in [0.717, 1.165) is 11.1 Å². The third kappa shape index (κ3) is 5.39. The Bertz CT molecular complexity index is 602. The average molecular weight is 318 g/mol. The zero-order valence-electron chi connectivity index (χ0n) is 13.6. The zero-order valence-corrected chi connectivity index (χ0v) is 13.6. The van der Waals surface area contributed by atoms with Crippen LogP contribution in [-0.2, 0) is 27.3 Å². The van der Waals surface area contributed by atoms with E-state index in [1.54, 1.807) is 0 Å². The Morgan fingerprint density at radius 3 is 2.35 bits per heavy atom. The number of ether oxygens (including phenoxy) is 1. The number of hydrogen-bond donors (Lipinski definition) is 2. The molecular formula is C17H22N2O4. The van der Waals surface area contributed by atoms with Gasteiger partial charge in [0, 0.05) is 13.0 Å². The molecule has 1 heterocycles. The standard InChI is InChI=1S/C17H22N2O4/c1-17(2,3)23-16(22)18-10-12-6-4-11(5-7-12)8-13-9-14(20)19-15(13)21/h4-7,13H,8-10H2,1-3H3,(H,18,22)(H,19,20,21). The second-order valence-corrected chi connectivity index (χ2v) is 6.69. The lowest BCUT2D eigenvalue weighted by atomic mass is 9.97. The summed E-state index contributed by atoms with van der Waals surface area (Å²) < 4.78 is 5.17. The number of carbonyl (C=O) groups excluding carboxylic acids is 3. The maximum atomic E-state index is 11.6. The highest BCUT2D eigenvalue weighted by molar-refractivity contribution is 6.03.